The normalized spacial score (nSPS) is 12.8. The monoisotopic (exact) mass is 236 g/mol. The number of aliphatic hydroxyl groups excluding tert-OH is 1. The Morgan fingerprint density at radius 3 is 2.24 bits per heavy atom. The summed E-state index contributed by atoms with van der Waals surface area (Å²) in [6.07, 6.45) is 4.38. The van der Waals surface area contributed by atoms with Crippen molar-refractivity contribution < 1.29 is 5.11 Å². The number of aliphatic hydroxyl groups is 1. The van der Waals surface area contributed by atoms with Gasteiger partial charge in [-0.25, -0.2) is 0 Å². The van der Waals surface area contributed by atoms with Crippen molar-refractivity contribution in [2.24, 2.45) is 0 Å². The standard InChI is InChI=1S/C14H24N2O/c1-5-11(6-2)16(4)12-8-9-13(15-10-12)14(17)7-3/h8-11,14,17H,5-7H2,1-4H3/t14-/m1/s1. The molecule has 1 N–H and O–H groups in total. The number of aromatic nitrogens is 1. The minimum atomic E-state index is -0.442. The van der Waals surface area contributed by atoms with Gasteiger partial charge < -0.3 is 10.0 Å². The molecule has 0 fully saturated rings. The highest BCUT2D eigenvalue weighted by molar-refractivity contribution is 5.44. The van der Waals surface area contributed by atoms with Gasteiger partial charge in [0.2, 0.25) is 0 Å². The summed E-state index contributed by atoms with van der Waals surface area (Å²) in [5, 5.41) is 9.68. The Bertz CT molecular complexity index is 319. The molecule has 0 unspecified atom stereocenters. The van der Waals surface area contributed by atoms with Crippen LogP contribution in [0, 0.1) is 0 Å². The van der Waals surface area contributed by atoms with E-state index < -0.39 is 6.10 Å². The van der Waals surface area contributed by atoms with Crippen LogP contribution < -0.4 is 4.90 Å². The molecule has 0 spiro atoms. The van der Waals surface area contributed by atoms with Crippen molar-refractivity contribution in [3.63, 3.8) is 0 Å². The molecule has 96 valence electrons. The van der Waals surface area contributed by atoms with Gasteiger partial charge in [0.15, 0.2) is 0 Å². The summed E-state index contributed by atoms with van der Waals surface area (Å²) in [4.78, 5) is 6.59. The van der Waals surface area contributed by atoms with Crippen LogP contribution in [-0.4, -0.2) is 23.2 Å². The summed E-state index contributed by atoms with van der Waals surface area (Å²) in [6.45, 7) is 6.36. The summed E-state index contributed by atoms with van der Waals surface area (Å²) in [5.74, 6) is 0. The molecule has 0 aliphatic rings. The van der Waals surface area contributed by atoms with Crippen LogP contribution in [0.5, 0.6) is 0 Å². The third-order valence-electron chi connectivity index (χ3n) is 3.40. The predicted molar refractivity (Wildman–Crippen MR) is 72.3 cm³/mol. The van der Waals surface area contributed by atoms with Crippen LogP contribution in [0.3, 0.4) is 0 Å². The Morgan fingerprint density at radius 2 is 1.82 bits per heavy atom. The lowest BCUT2D eigenvalue weighted by molar-refractivity contribution is 0.169. The first-order chi connectivity index (χ1) is 8.13. The van der Waals surface area contributed by atoms with Gasteiger partial charge in [0.1, 0.15) is 0 Å². The molecule has 0 aliphatic heterocycles. The first-order valence-corrected chi connectivity index (χ1v) is 6.50. The first kappa shape index (κ1) is 14.0. The van der Waals surface area contributed by atoms with Gasteiger partial charge in [-0.3, -0.25) is 4.98 Å². The lowest BCUT2D eigenvalue weighted by Crippen LogP contribution is -2.30. The number of rotatable bonds is 6. The fraction of sp³-hybridized carbons (Fsp3) is 0.643. The molecule has 0 aromatic carbocycles. The largest absolute Gasteiger partial charge is 0.387 e. The Balaban J connectivity index is 2.79. The molecule has 1 heterocycles. The van der Waals surface area contributed by atoms with Crippen molar-refractivity contribution >= 4 is 5.69 Å². The summed E-state index contributed by atoms with van der Waals surface area (Å²) in [7, 11) is 2.10. The molecule has 0 radical (unpaired) electrons. The number of pyridine rings is 1. The Kier molecular flexibility index (Phi) is 5.42. The maximum absolute atomic E-state index is 9.68. The van der Waals surface area contributed by atoms with Crippen LogP contribution in [0.2, 0.25) is 0 Å². The smallest absolute Gasteiger partial charge is 0.0957 e. The third-order valence-corrected chi connectivity index (χ3v) is 3.40. The molecule has 17 heavy (non-hydrogen) atoms. The average molecular weight is 236 g/mol. The van der Waals surface area contributed by atoms with Crippen molar-refractivity contribution in [2.75, 3.05) is 11.9 Å². The van der Waals surface area contributed by atoms with E-state index in [1.165, 1.54) is 0 Å². The number of hydrogen-bond acceptors (Lipinski definition) is 3. The lowest BCUT2D eigenvalue weighted by atomic mass is 10.1. The van der Waals surface area contributed by atoms with Crippen LogP contribution >= 0.6 is 0 Å². The molecule has 1 rings (SSSR count). The molecule has 1 aromatic rings. The average Bonchev–Trinajstić information content (AvgIpc) is 2.39. The zero-order valence-electron chi connectivity index (χ0n) is 11.3. The summed E-state index contributed by atoms with van der Waals surface area (Å²) >= 11 is 0. The maximum atomic E-state index is 9.68. The van der Waals surface area contributed by atoms with Gasteiger partial charge in [0.05, 0.1) is 23.7 Å². The molecule has 0 saturated carbocycles. The second-order valence-corrected chi connectivity index (χ2v) is 4.45. The Morgan fingerprint density at radius 1 is 1.18 bits per heavy atom. The fourth-order valence-corrected chi connectivity index (χ4v) is 2.06. The van der Waals surface area contributed by atoms with Crippen molar-refractivity contribution in [2.45, 2.75) is 52.2 Å². The molecule has 3 heteroatoms. The quantitative estimate of drug-likeness (QED) is 0.824. The van der Waals surface area contributed by atoms with E-state index in [0.29, 0.717) is 12.5 Å². The van der Waals surface area contributed by atoms with E-state index in [9.17, 15) is 5.11 Å². The zero-order chi connectivity index (χ0) is 12.8. The second kappa shape index (κ2) is 6.60. The molecule has 0 amide bonds. The third kappa shape index (κ3) is 3.43. The fourth-order valence-electron chi connectivity index (χ4n) is 2.06. The minimum absolute atomic E-state index is 0.442. The molecule has 3 nitrogen and oxygen atoms in total. The molecular weight excluding hydrogens is 212 g/mol. The SMILES string of the molecule is CCC(CC)N(C)c1ccc([C@H](O)CC)nc1. The van der Waals surface area contributed by atoms with Crippen LogP contribution in [-0.2, 0) is 0 Å². The highest BCUT2D eigenvalue weighted by Gasteiger charge is 2.12. The van der Waals surface area contributed by atoms with Crippen LogP contribution in [0.25, 0.3) is 0 Å². The highest BCUT2D eigenvalue weighted by atomic mass is 16.3. The molecule has 0 bridgehead atoms. The van der Waals surface area contributed by atoms with E-state index in [1.807, 2.05) is 25.3 Å². The summed E-state index contributed by atoms with van der Waals surface area (Å²) in [5.41, 5.74) is 1.87. The van der Waals surface area contributed by atoms with E-state index in [2.05, 4.69) is 30.8 Å². The van der Waals surface area contributed by atoms with E-state index in [4.69, 9.17) is 0 Å². The molecular formula is C14H24N2O. The van der Waals surface area contributed by atoms with Crippen molar-refractivity contribution in [3.8, 4) is 0 Å². The molecule has 1 aromatic heterocycles. The van der Waals surface area contributed by atoms with Gasteiger partial charge >= 0.3 is 0 Å². The van der Waals surface area contributed by atoms with Gasteiger partial charge in [0, 0.05) is 13.1 Å². The predicted octanol–water partition coefficient (Wildman–Crippen LogP) is 3.15. The van der Waals surface area contributed by atoms with Gasteiger partial charge in [-0.05, 0) is 31.4 Å². The van der Waals surface area contributed by atoms with Crippen LogP contribution in [0.1, 0.15) is 51.8 Å². The van der Waals surface area contributed by atoms with Gasteiger partial charge in [-0.15, -0.1) is 0 Å². The second-order valence-electron chi connectivity index (χ2n) is 4.45. The number of hydrogen-bond donors (Lipinski definition) is 1. The topological polar surface area (TPSA) is 36.4 Å². The van der Waals surface area contributed by atoms with E-state index in [0.717, 1.165) is 24.2 Å². The Hall–Kier alpha value is -1.09. The number of nitrogens with zero attached hydrogens (tertiary/aromatic N) is 2. The van der Waals surface area contributed by atoms with Crippen molar-refractivity contribution in [1.82, 2.24) is 4.98 Å². The summed E-state index contributed by atoms with van der Waals surface area (Å²) in [6, 6.07) is 4.51. The van der Waals surface area contributed by atoms with Crippen LogP contribution in [0.4, 0.5) is 5.69 Å². The van der Waals surface area contributed by atoms with E-state index in [-0.39, 0.29) is 0 Å². The first-order valence-electron chi connectivity index (χ1n) is 6.50. The molecule has 0 saturated heterocycles. The van der Waals surface area contributed by atoms with Gasteiger partial charge in [-0.1, -0.05) is 20.8 Å². The van der Waals surface area contributed by atoms with E-state index >= 15 is 0 Å². The highest BCUT2D eigenvalue weighted by Crippen LogP contribution is 2.20. The molecule has 0 aliphatic carbocycles. The van der Waals surface area contributed by atoms with Gasteiger partial charge in [-0.2, -0.15) is 0 Å². The Labute approximate surface area is 104 Å². The molecule has 1 atom stereocenters. The number of anilines is 1. The summed E-state index contributed by atoms with van der Waals surface area (Å²) < 4.78 is 0. The van der Waals surface area contributed by atoms with Gasteiger partial charge in [0.25, 0.3) is 0 Å². The van der Waals surface area contributed by atoms with Crippen LogP contribution in [0.15, 0.2) is 18.3 Å². The van der Waals surface area contributed by atoms with Crippen molar-refractivity contribution in [1.29, 1.82) is 0 Å². The van der Waals surface area contributed by atoms with E-state index in [1.54, 1.807) is 0 Å². The van der Waals surface area contributed by atoms with Crippen molar-refractivity contribution in [3.05, 3.63) is 24.0 Å². The minimum Gasteiger partial charge on any atom is -0.387 e. The lowest BCUT2D eigenvalue weighted by Gasteiger charge is -2.28. The maximum Gasteiger partial charge on any atom is 0.0957 e. The zero-order valence-corrected chi connectivity index (χ0v) is 11.3.